The molecule has 4 rings (SSSR count). The molecule has 1 atom stereocenters. The number of rotatable bonds is 4. The van der Waals surface area contributed by atoms with Crippen LogP contribution in [0.2, 0.25) is 0 Å². The second-order valence-corrected chi connectivity index (χ2v) is 7.12. The molecule has 0 aromatic heterocycles. The van der Waals surface area contributed by atoms with Crippen LogP contribution in [-0.4, -0.2) is 29.3 Å². The molecule has 6 nitrogen and oxygen atoms in total. The molecule has 2 aromatic carbocycles. The average molecular weight is 375 g/mol. The van der Waals surface area contributed by atoms with Crippen LogP contribution in [0.25, 0.3) is 0 Å². The zero-order chi connectivity index (χ0) is 19.5. The summed E-state index contributed by atoms with van der Waals surface area (Å²) in [5, 5.41) is 11.9. The Balaban J connectivity index is 1.54. The fourth-order valence-corrected chi connectivity index (χ4v) is 3.83. The first-order valence-electron chi connectivity index (χ1n) is 9.50. The number of amides is 2. The van der Waals surface area contributed by atoms with E-state index in [2.05, 4.69) is 11.4 Å². The number of fused-ring (bicyclic) bond motifs is 1. The molecule has 1 fully saturated rings. The van der Waals surface area contributed by atoms with Gasteiger partial charge in [-0.3, -0.25) is 9.59 Å². The molecule has 1 saturated heterocycles. The standard InChI is InChI=1S/C22H21N3O3/c23-12-15-5-3-6-16(11-15)14-28-20-9-4-7-17-18(20)13-25(22(17)27)19-8-1-2-10-24-21(19)26/h3-7,9,11,19H,1-2,8,10,13-14H2,(H,24,26). The van der Waals surface area contributed by atoms with Gasteiger partial charge in [0, 0.05) is 17.7 Å². The van der Waals surface area contributed by atoms with E-state index in [0.717, 1.165) is 24.0 Å². The van der Waals surface area contributed by atoms with E-state index in [-0.39, 0.29) is 11.8 Å². The Bertz CT molecular complexity index is 964. The summed E-state index contributed by atoms with van der Waals surface area (Å²) in [5.74, 6) is 0.452. The van der Waals surface area contributed by atoms with E-state index in [4.69, 9.17) is 10.00 Å². The maximum absolute atomic E-state index is 12.9. The number of benzene rings is 2. The summed E-state index contributed by atoms with van der Waals surface area (Å²) in [6, 6.07) is 14.4. The van der Waals surface area contributed by atoms with E-state index in [9.17, 15) is 9.59 Å². The summed E-state index contributed by atoms with van der Waals surface area (Å²) in [6.45, 7) is 1.35. The van der Waals surface area contributed by atoms with Gasteiger partial charge in [-0.25, -0.2) is 0 Å². The fraction of sp³-hybridized carbons (Fsp3) is 0.318. The molecule has 0 aliphatic carbocycles. The van der Waals surface area contributed by atoms with Crippen LogP contribution >= 0.6 is 0 Å². The van der Waals surface area contributed by atoms with E-state index >= 15 is 0 Å². The summed E-state index contributed by atoms with van der Waals surface area (Å²) in [7, 11) is 0. The Kier molecular flexibility index (Phi) is 4.98. The van der Waals surface area contributed by atoms with Crippen LogP contribution in [-0.2, 0) is 17.9 Å². The Labute approximate surface area is 163 Å². The third-order valence-corrected chi connectivity index (χ3v) is 5.29. The zero-order valence-electron chi connectivity index (χ0n) is 15.5. The van der Waals surface area contributed by atoms with Crippen molar-refractivity contribution in [3.05, 3.63) is 64.7 Å². The van der Waals surface area contributed by atoms with Gasteiger partial charge in [0.25, 0.3) is 5.91 Å². The number of carbonyl (C=O) groups excluding carboxylic acids is 2. The van der Waals surface area contributed by atoms with Crippen molar-refractivity contribution in [2.24, 2.45) is 0 Å². The largest absolute Gasteiger partial charge is 0.489 e. The number of hydrogen-bond acceptors (Lipinski definition) is 4. The predicted octanol–water partition coefficient (Wildman–Crippen LogP) is 2.76. The van der Waals surface area contributed by atoms with Gasteiger partial charge in [0.2, 0.25) is 5.91 Å². The molecule has 2 aliphatic heterocycles. The first kappa shape index (κ1) is 18.1. The van der Waals surface area contributed by atoms with Gasteiger partial charge in [0.1, 0.15) is 18.4 Å². The number of nitrogens with one attached hydrogen (secondary N) is 1. The molecular formula is C22H21N3O3. The van der Waals surface area contributed by atoms with Crippen molar-refractivity contribution >= 4 is 11.8 Å². The first-order valence-corrected chi connectivity index (χ1v) is 9.50. The Morgan fingerprint density at radius 1 is 1.18 bits per heavy atom. The number of hydrogen-bond donors (Lipinski definition) is 1. The van der Waals surface area contributed by atoms with Crippen molar-refractivity contribution in [1.29, 1.82) is 5.26 Å². The van der Waals surface area contributed by atoms with Crippen LogP contribution in [0.4, 0.5) is 0 Å². The van der Waals surface area contributed by atoms with E-state index in [1.54, 1.807) is 29.2 Å². The lowest BCUT2D eigenvalue weighted by Gasteiger charge is -2.25. The van der Waals surface area contributed by atoms with E-state index in [1.807, 2.05) is 18.2 Å². The molecule has 0 bridgehead atoms. The molecule has 142 valence electrons. The van der Waals surface area contributed by atoms with Gasteiger partial charge in [-0.1, -0.05) is 18.2 Å². The molecule has 2 aliphatic rings. The second kappa shape index (κ2) is 7.73. The Morgan fingerprint density at radius 3 is 2.89 bits per heavy atom. The highest BCUT2D eigenvalue weighted by Crippen LogP contribution is 2.33. The average Bonchev–Trinajstić information content (AvgIpc) is 2.91. The minimum absolute atomic E-state index is 0.0746. The van der Waals surface area contributed by atoms with E-state index in [0.29, 0.717) is 43.0 Å². The van der Waals surface area contributed by atoms with Crippen molar-refractivity contribution in [3.8, 4) is 11.8 Å². The van der Waals surface area contributed by atoms with Gasteiger partial charge in [0.05, 0.1) is 18.2 Å². The van der Waals surface area contributed by atoms with Crippen LogP contribution in [0.15, 0.2) is 42.5 Å². The molecule has 28 heavy (non-hydrogen) atoms. The minimum atomic E-state index is -0.428. The van der Waals surface area contributed by atoms with Gasteiger partial charge in [-0.05, 0) is 49.1 Å². The molecular weight excluding hydrogens is 354 g/mol. The maximum Gasteiger partial charge on any atom is 0.255 e. The van der Waals surface area contributed by atoms with Crippen molar-refractivity contribution in [2.75, 3.05) is 6.54 Å². The van der Waals surface area contributed by atoms with E-state index in [1.165, 1.54) is 0 Å². The molecule has 0 saturated carbocycles. The van der Waals surface area contributed by atoms with Crippen LogP contribution in [0, 0.1) is 11.3 Å². The number of carbonyl (C=O) groups is 2. The summed E-state index contributed by atoms with van der Waals surface area (Å²) in [5.41, 5.74) is 2.89. The quantitative estimate of drug-likeness (QED) is 0.891. The molecule has 1 N–H and O–H groups in total. The van der Waals surface area contributed by atoms with Crippen molar-refractivity contribution in [1.82, 2.24) is 10.2 Å². The number of nitrogens with zero attached hydrogens (tertiary/aromatic N) is 2. The lowest BCUT2D eigenvalue weighted by atomic mass is 10.1. The van der Waals surface area contributed by atoms with Crippen LogP contribution in [0.5, 0.6) is 5.75 Å². The fourth-order valence-electron chi connectivity index (χ4n) is 3.83. The third-order valence-electron chi connectivity index (χ3n) is 5.29. The Morgan fingerprint density at radius 2 is 2.04 bits per heavy atom. The summed E-state index contributed by atoms with van der Waals surface area (Å²) >= 11 is 0. The van der Waals surface area contributed by atoms with Gasteiger partial charge in [0.15, 0.2) is 0 Å². The first-order chi connectivity index (χ1) is 13.7. The van der Waals surface area contributed by atoms with Crippen molar-refractivity contribution in [2.45, 2.75) is 38.5 Å². The normalized spacial score (nSPS) is 18.8. The zero-order valence-corrected chi connectivity index (χ0v) is 15.5. The lowest BCUT2D eigenvalue weighted by Crippen LogP contribution is -2.45. The highest BCUT2D eigenvalue weighted by atomic mass is 16.5. The van der Waals surface area contributed by atoms with Gasteiger partial charge >= 0.3 is 0 Å². The van der Waals surface area contributed by atoms with Crippen molar-refractivity contribution in [3.63, 3.8) is 0 Å². The highest BCUT2D eigenvalue weighted by molar-refractivity contribution is 6.01. The smallest absolute Gasteiger partial charge is 0.255 e. The molecule has 0 radical (unpaired) electrons. The summed E-state index contributed by atoms with van der Waals surface area (Å²) in [6.07, 6.45) is 2.54. The molecule has 2 heterocycles. The maximum atomic E-state index is 12.9. The predicted molar refractivity (Wildman–Crippen MR) is 102 cm³/mol. The van der Waals surface area contributed by atoms with E-state index < -0.39 is 6.04 Å². The topological polar surface area (TPSA) is 82.4 Å². The molecule has 2 aromatic rings. The summed E-state index contributed by atoms with van der Waals surface area (Å²) in [4.78, 5) is 27.0. The van der Waals surface area contributed by atoms with Gasteiger partial charge in [-0.2, -0.15) is 5.26 Å². The monoisotopic (exact) mass is 375 g/mol. The third kappa shape index (κ3) is 3.44. The van der Waals surface area contributed by atoms with Crippen LogP contribution < -0.4 is 10.1 Å². The summed E-state index contributed by atoms with van der Waals surface area (Å²) < 4.78 is 5.98. The molecule has 1 unspecified atom stereocenters. The Hall–Kier alpha value is -3.33. The molecule has 2 amide bonds. The lowest BCUT2D eigenvalue weighted by molar-refractivity contribution is -0.125. The number of ether oxygens (including phenoxy) is 1. The van der Waals surface area contributed by atoms with Crippen molar-refractivity contribution < 1.29 is 14.3 Å². The SMILES string of the molecule is N#Cc1cccc(COc2cccc3c2CN(C2CCCCNC2=O)C3=O)c1. The van der Waals surface area contributed by atoms with Gasteiger partial charge < -0.3 is 15.0 Å². The number of nitriles is 1. The van der Waals surface area contributed by atoms with Gasteiger partial charge in [-0.15, -0.1) is 0 Å². The molecule has 6 heteroatoms. The molecule has 0 spiro atoms. The van der Waals surface area contributed by atoms with Crippen LogP contribution in [0.3, 0.4) is 0 Å². The minimum Gasteiger partial charge on any atom is -0.489 e. The highest BCUT2D eigenvalue weighted by Gasteiger charge is 2.38. The second-order valence-electron chi connectivity index (χ2n) is 7.12. The van der Waals surface area contributed by atoms with Crippen LogP contribution in [0.1, 0.15) is 46.3 Å².